The number of carbonyl (C=O) groups excluding carboxylic acids is 1. The highest BCUT2D eigenvalue weighted by Gasteiger charge is 2.25. The normalized spacial score (nSPS) is 15.9. The van der Waals surface area contributed by atoms with Gasteiger partial charge in [-0.25, -0.2) is 0 Å². The molecule has 0 spiro atoms. The third-order valence-electron chi connectivity index (χ3n) is 5.26. The first-order valence-corrected chi connectivity index (χ1v) is 10.2. The summed E-state index contributed by atoms with van der Waals surface area (Å²) in [6, 6.07) is 13.6. The summed E-state index contributed by atoms with van der Waals surface area (Å²) in [5.74, 6) is 1.89. The van der Waals surface area contributed by atoms with E-state index in [4.69, 9.17) is 8.94 Å². The number of aromatic nitrogens is 2. The zero-order valence-electron chi connectivity index (χ0n) is 16.4. The Bertz CT molecular complexity index is 886. The third kappa shape index (κ3) is 5.12. The smallest absolute Gasteiger partial charge is 0.227 e. The van der Waals surface area contributed by atoms with Crippen LogP contribution in [-0.2, 0) is 11.2 Å². The highest BCUT2D eigenvalue weighted by molar-refractivity contribution is 5.76. The molecule has 1 atom stereocenters. The number of piperidine rings is 1. The molecule has 7 nitrogen and oxygen atoms in total. The number of hydrogen-bond donors (Lipinski definition) is 1. The van der Waals surface area contributed by atoms with Gasteiger partial charge in [-0.15, -0.1) is 0 Å². The fraction of sp³-hybridized carbons (Fsp3) is 0.409. The van der Waals surface area contributed by atoms with Crippen LogP contribution in [-0.4, -0.2) is 40.6 Å². The van der Waals surface area contributed by atoms with Gasteiger partial charge in [-0.2, -0.15) is 4.98 Å². The lowest BCUT2D eigenvalue weighted by Gasteiger charge is -2.33. The molecule has 1 fully saturated rings. The molecule has 7 heteroatoms. The summed E-state index contributed by atoms with van der Waals surface area (Å²) in [5, 5.41) is 7.04. The Morgan fingerprint density at radius 2 is 1.93 bits per heavy atom. The number of benzene rings is 1. The second kappa shape index (κ2) is 9.52. The molecule has 2 aromatic heterocycles. The van der Waals surface area contributed by atoms with Crippen LogP contribution in [0.5, 0.6) is 0 Å². The van der Waals surface area contributed by atoms with Crippen molar-refractivity contribution < 1.29 is 13.7 Å². The molecule has 1 aliphatic heterocycles. The molecule has 152 valence electrons. The minimum atomic E-state index is -0.0296. The second-order valence-electron chi connectivity index (χ2n) is 7.31. The molecule has 1 aliphatic rings. The predicted molar refractivity (Wildman–Crippen MR) is 108 cm³/mol. The maximum absolute atomic E-state index is 12.4. The van der Waals surface area contributed by atoms with Crippen molar-refractivity contribution in [2.75, 3.05) is 19.6 Å². The minimum Gasteiger partial charge on any atom is -0.468 e. The van der Waals surface area contributed by atoms with Crippen LogP contribution in [0, 0.1) is 0 Å². The quantitative estimate of drug-likeness (QED) is 0.628. The van der Waals surface area contributed by atoms with Crippen LogP contribution in [0.1, 0.15) is 43.4 Å². The van der Waals surface area contributed by atoms with Gasteiger partial charge in [0.2, 0.25) is 17.6 Å². The summed E-state index contributed by atoms with van der Waals surface area (Å²) in [4.78, 5) is 19.2. The fourth-order valence-corrected chi connectivity index (χ4v) is 3.70. The Kier molecular flexibility index (Phi) is 6.36. The maximum Gasteiger partial charge on any atom is 0.227 e. The summed E-state index contributed by atoms with van der Waals surface area (Å²) >= 11 is 0. The van der Waals surface area contributed by atoms with Crippen LogP contribution >= 0.6 is 0 Å². The van der Waals surface area contributed by atoms with Gasteiger partial charge in [0.1, 0.15) is 5.76 Å². The third-order valence-corrected chi connectivity index (χ3v) is 5.26. The number of nitrogens with one attached hydrogen (secondary N) is 1. The van der Waals surface area contributed by atoms with E-state index in [1.165, 1.54) is 19.3 Å². The molecule has 1 aromatic carbocycles. The molecule has 1 saturated heterocycles. The first-order chi connectivity index (χ1) is 14.3. The van der Waals surface area contributed by atoms with Gasteiger partial charge in [-0.1, -0.05) is 41.9 Å². The Balaban J connectivity index is 1.29. The number of rotatable bonds is 8. The van der Waals surface area contributed by atoms with Crippen molar-refractivity contribution in [3.05, 3.63) is 60.4 Å². The highest BCUT2D eigenvalue weighted by Crippen LogP contribution is 2.24. The molecule has 1 unspecified atom stereocenters. The van der Waals surface area contributed by atoms with E-state index in [9.17, 15) is 4.79 Å². The zero-order valence-corrected chi connectivity index (χ0v) is 16.4. The number of furan rings is 1. The standard InChI is InChI=1S/C22H26N4O3/c27-20(11-12-21-24-22(25-29-21)17-8-3-1-4-9-17)23-16-18(19-10-7-15-28-19)26-13-5-2-6-14-26/h1,3-4,7-10,15,18H,2,5-6,11-14,16H2,(H,23,27). The molecular formula is C22H26N4O3. The van der Waals surface area contributed by atoms with Gasteiger partial charge in [0, 0.05) is 24.9 Å². The van der Waals surface area contributed by atoms with Crippen molar-refractivity contribution in [3.8, 4) is 11.4 Å². The molecule has 0 radical (unpaired) electrons. The Morgan fingerprint density at radius 1 is 1.10 bits per heavy atom. The predicted octanol–water partition coefficient (Wildman–Crippen LogP) is 3.61. The van der Waals surface area contributed by atoms with Crippen LogP contribution in [0.2, 0.25) is 0 Å². The van der Waals surface area contributed by atoms with E-state index in [0.29, 0.717) is 31.1 Å². The van der Waals surface area contributed by atoms with E-state index >= 15 is 0 Å². The summed E-state index contributed by atoms with van der Waals surface area (Å²) in [7, 11) is 0. The van der Waals surface area contributed by atoms with Gasteiger partial charge in [-0.05, 0) is 38.1 Å². The van der Waals surface area contributed by atoms with Crippen LogP contribution in [0.4, 0.5) is 0 Å². The summed E-state index contributed by atoms with van der Waals surface area (Å²) in [6.07, 6.45) is 6.05. The highest BCUT2D eigenvalue weighted by atomic mass is 16.5. The first kappa shape index (κ1) is 19.4. The van der Waals surface area contributed by atoms with Gasteiger partial charge in [0.25, 0.3) is 0 Å². The number of nitrogens with zero attached hydrogens (tertiary/aromatic N) is 3. The van der Waals surface area contributed by atoms with E-state index in [1.54, 1.807) is 6.26 Å². The first-order valence-electron chi connectivity index (χ1n) is 10.2. The van der Waals surface area contributed by atoms with Crippen molar-refractivity contribution in [2.24, 2.45) is 0 Å². The van der Waals surface area contributed by atoms with E-state index in [2.05, 4.69) is 20.4 Å². The van der Waals surface area contributed by atoms with E-state index in [0.717, 1.165) is 24.4 Å². The van der Waals surface area contributed by atoms with Crippen LogP contribution in [0.15, 0.2) is 57.7 Å². The molecule has 3 heterocycles. The van der Waals surface area contributed by atoms with Gasteiger partial charge >= 0.3 is 0 Å². The fourth-order valence-electron chi connectivity index (χ4n) is 3.70. The number of amides is 1. The Labute approximate surface area is 170 Å². The van der Waals surface area contributed by atoms with Crippen molar-refractivity contribution in [3.63, 3.8) is 0 Å². The van der Waals surface area contributed by atoms with Crippen molar-refractivity contribution in [1.82, 2.24) is 20.4 Å². The molecule has 4 rings (SSSR count). The summed E-state index contributed by atoms with van der Waals surface area (Å²) in [6.45, 7) is 2.60. The molecule has 0 saturated carbocycles. The maximum atomic E-state index is 12.4. The lowest BCUT2D eigenvalue weighted by atomic mass is 10.1. The minimum absolute atomic E-state index is 0.0296. The number of likely N-dealkylation sites (tertiary alicyclic amines) is 1. The van der Waals surface area contributed by atoms with Gasteiger partial charge in [0.05, 0.1) is 12.3 Å². The summed E-state index contributed by atoms with van der Waals surface area (Å²) < 4.78 is 10.9. The van der Waals surface area contributed by atoms with Crippen LogP contribution < -0.4 is 5.32 Å². The van der Waals surface area contributed by atoms with E-state index < -0.39 is 0 Å². The zero-order chi connectivity index (χ0) is 19.9. The lowest BCUT2D eigenvalue weighted by Crippen LogP contribution is -2.40. The average molecular weight is 394 g/mol. The molecule has 1 amide bonds. The Hall–Kier alpha value is -2.93. The molecule has 1 N–H and O–H groups in total. The van der Waals surface area contributed by atoms with Crippen molar-refractivity contribution in [1.29, 1.82) is 0 Å². The molecule has 0 bridgehead atoms. The Morgan fingerprint density at radius 3 is 2.69 bits per heavy atom. The van der Waals surface area contributed by atoms with Crippen molar-refractivity contribution in [2.45, 2.75) is 38.1 Å². The molecule has 3 aromatic rings. The lowest BCUT2D eigenvalue weighted by molar-refractivity contribution is -0.121. The number of carbonyl (C=O) groups is 1. The number of hydrogen-bond acceptors (Lipinski definition) is 6. The van der Waals surface area contributed by atoms with Gasteiger partial charge < -0.3 is 14.3 Å². The topological polar surface area (TPSA) is 84.4 Å². The monoisotopic (exact) mass is 394 g/mol. The van der Waals surface area contributed by atoms with Crippen LogP contribution in [0.25, 0.3) is 11.4 Å². The van der Waals surface area contributed by atoms with Crippen LogP contribution in [0.3, 0.4) is 0 Å². The van der Waals surface area contributed by atoms with Crippen molar-refractivity contribution >= 4 is 5.91 Å². The van der Waals surface area contributed by atoms with Gasteiger partial charge in [0.15, 0.2) is 0 Å². The largest absolute Gasteiger partial charge is 0.468 e. The number of aryl methyl sites for hydroxylation is 1. The molecule has 29 heavy (non-hydrogen) atoms. The SMILES string of the molecule is O=C(CCc1nc(-c2ccccc2)no1)NCC(c1ccco1)N1CCCCC1. The molecular weight excluding hydrogens is 368 g/mol. The van der Waals surface area contributed by atoms with E-state index in [1.807, 2.05) is 42.5 Å². The summed E-state index contributed by atoms with van der Waals surface area (Å²) in [5.41, 5.74) is 0.898. The average Bonchev–Trinajstić information content (AvgIpc) is 3.46. The molecule has 0 aliphatic carbocycles. The van der Waals surface area contributed by atoms with E-state index in [-0.39, 0.29) is 11.9 Å². The second-order valence-corrected chi connectivity index (χ2v) is 7.31. The van der Waals surface area contributed by atoms with Gasteiger partial charge in [-0.3, -0.25) is 9.69 Å².